The first-order valence-electron chi connectivity index (χ1n) is 10.9. The Morgan fingerprint density at radius 1 is 1.17 bits per heavy atom. The molecule has 1 spiro atoms. The SMILES string of the molecule is Cn1ccc2cc(S(=O)(=O)N3CCC4(CC3)CN=C(NC(=O)c3nc(Cl)c(N)nc3N)N4)ccc21. The molecule has 3 aromatic rings. The molecule has 2 aliphatic rings. The molecule has 184 valence electrons. The normalized spacial score (nSPS) is 17.9. The third-order valence-corrected chi connectivity index (χ3v) is 8.62. The highest BCUT2D eigenvalue weighted by molar-refractivity contribution is 7.89. The molecule has 14 heteroatoms. The van der Waals surface area contributed by atoms with Crippen molar-refractivity contribution in [2.24, 2.45) is 12.0 Å². The fraction of sp³-hybridized carbons (Fsp3) is 0.333. The van der Waals surface area contributed by atoms with Gasteiger partial charge in [0.25, 0.3) is 5.91 Å². The molecule has 0 atom stereocenters. The van der Waals surface area contributed by atoms with Gasteiger partial charge in [0.15, 0.2) is 28.4 Å². The lowest BCUT2D eigenvalue weighted by Crippen LogP contribution is -2.56. The van der Waals surface area contributed by atoms with Gasteiger partial charge in [-0.1, -0.05) is 11.6 Å². The van der Waals surface area contributed by atoms with E-state index in [2.05, 4.69) is 25.6 Å². The van der Waals surface area contributed by atoms with Crippen LogP contribution in [0.1, 0.15) is 23.3 Å². The number of rotatable bonds is 3. The summed E-state index contributed by atoms with van der Waals surface area (Å²) in [5, 5.41) is 6.62. The molecule has 1 amide bonds. The molecule has 0 aliphatic carbocycles. The molecule has 1 aromatic carbocycles. The smallest absolute Gasteiger partial charge is 0.280 e. The van der Waals surface area contributed by atoms with Crippen LogP contribution < -0.4 is 22.1 Å². The maximum absolute atomic E-state index is 13.3. The molecule has 4 heterocycles. The first-order valence-corrected chi connectivity index (χ1v) is 12.7. The van der Waals surface area contributed by atoms with Crippen molar-refractivity contribution in [3.8, 4) is 0 Å². The lowest BCUT2D eigenvalue weighted by Gasteiger charge is -2.38. The topological polar surface area (TPSA) is 174 Å². The number of aromatic nitrogens is 3. The van der Waals surface area contributed by atoms with Gasteiger partial charge in [0, 0.05) is 37.2 Å². The Bertz CT molecular complexity index is 1480. The van der Waals surface area contributed by atoms with Gasteiger partial charge in [-0.25, -0.2) is 18.4 Å². The Labute approximate surface area is 206 Å². The Morgan fingerprint density at radius 2 is 1.91 bits per heavy atom. The van der Waals surface area contributed by atoms with E-state index in [1.54, 1.807) is 12.1 Å². The number of hydrogen-bond acceptors (Lipinski definition) is 9. The predicted molar refractivity (Wildman–Crippen MR) is 132 cm³/mol. The highest BCUT2D eigenvalue weighted by Crippen LogP contribution is 2.30. The summed E-state index contributed by atoms with van der Waals surface area (Å²) in [6.45, 7) is 1.05. The summed E-state index contributed by atoms with van der Waals surface area (Å²) in [6, 6.07) is 7.06. The summed E-state index contributed by atoms with van der Waals surface area (Å²) >= 11 is 5.85. The van der Waals surface area contributed by atoms with E-state index in [0.717, 1.165) is 10.9 Å². The van der Waals surface area contributed by atoms with E-state index in [1.165, 1.54) is 4.31 Å². The fourth-order valence-corrected chi connectivity index (χ4v) is 6.02. The average molecular weight is 518 g/mol. The number of halogens is 1. The summed E-state index contributed by atoms with van der Waals surface area (Å²) in [7, 11) is -1.72. The van der Waals surface area contributed by atoms with Crippen LogP contribution in [0.3, 0.4) is 0 Å². The van der Waals surface area contributed by atoms with Gasteiger partial charge in [0.2, 0.25) is 10.0 Å². The van der Waals surface area contributed by atoms with Crippen molar-refractivity contribution in [1.82, 2.24) is 29.5 Å². The van der Waals surface area contributed by atoms with E-state index in [-0.39, 0.29) is 33.3 Å². The summed E-state index contributed by atoms with van der Waals surface area (Å²) < 4.78 is 30.0. The van der Waals surface area contributed by atoms with Gasteiger partial charge in [-0.15, -0.1) is 0 Å². The quantitative estimate of drug-likeness (QED) is 0.392. The Balaban J connectivity index is 1.23. The molecule has 5 rings (SSSR count). The second kappa shape index (κ2) is 8.36. The van der Waals surface area contributed by atoms with E-state index in [1.807, 2.05) is 29.9 Å². The Hall–Kier alpha value is -3.42. The van der Waals surface area contributed by atoms with Crippen molar-refractivity contribution in [1.29, 1.82) is 0 Å². The molecule has 0 bridgehead atoms. The molecule has 1 saturated heterocycles. The van der Waals surface area contributed by atoms with E-state index in [0.29, 0.717) is 32.5 Å². The third kappa shape index (κ3) is 4.15. The van der Waals surface area contributed by atoms with E-state index in [9.17, 15) is 13.2 Å². The third-order valence-electron chi connectivity index (χ3n) is 6.45. The number of carbonyl (C=O) groups is 1. The molecular formula is C21H24ClN9O3S. The minimum atomic E-state index is -3.63. The predicted octanol–water partition coefficient (Wildman–Crippen LogP) is 0.699. The molecule has 6 N–H and O–H groups in total. The number of amides is 1. The number of aryl methyl sites for hydroxylation is 1. The molecule has 2 aliphatic heterocycles. The van der Waals surface area contributed by atoms with Crippen LogP contribution >= 0.6 is 11.6 Å². The molecular weight excluding hydrogens is 494 g/mol. The zero-order valence-electron chi connectivity index (χ0n) is 18.8. The van der Waals surface area contributed by atoms with Crippen LogP contribution in [-0.4, -0.2) is 64.3 Å². The van der Waals surface area contributed by atoms with Crippen LogP contribution in [0.2, 0.25) is 5.15 Å². The van der Waals surface area contributed by atoms with Crippen LogP contribution in [0.15, 0.2) is 40.4 Å². The number of nitrogens with two attached hydrogens (primary N) is 2. The number of aliphatic imine (C=N–C) groups is 1. The maximum Gasteiger partial charge on any atom is 0.280 e. The number of nitrogens with zero attached hydrogens (tertiary/aromatic N) is 5. The molecule has 0 radical (unpaired) electrons. The average Bonchev–Trinajstić information content (AvgIpc) is 3.39. The second-order valence-electron chi connectivity index (χ2n) is 8.71. The number of hydrogen-bond donors (Lipinski definition) is 4. The van der Waals surface area contributed by atoms with Crippen molar-refractivity contribution in [3.05, 3.63) is 41.3 Å². The van der Waals surface area contributed by atoms with Crippen LogP contribution in [0, 0.1) is 0 Å². The lowest BCUT2D eigenvalue weighted by molar-refractivity contribution is 0.0971. The van der Waals surface area contributed by atoms with Gasteiger partial charge in [-0.3, -0.25) is 15.1 Å². The summed E-state index contributed by atoms with van der Waals surface area (Å²) in [5.74, 6) is -0.585. The van der Waals surface area contributed by atoms with Gasteiger partial charge in [0.05, 0.1) is 17.0 Å². The van der Waals surface area contributed by atoms with Crippen LogP contribution in [0.4, 0.5) is 11.6 Å². The first kappa shape index (κ1) is 23.3. The van der Waals surface area contributed by atoms with Gasteiger partial charge in [-0.05, 0) is 37.1 Å². The number of piperidine rings is 1. The second-order valence-corrected chi connectivity index (χ2v) is 11.0. The van der Waals surface area contributed by atoms with Crippen LogP contribution in [0.25, 0.3) is 10.9 Å². The van der Waals surface area contributed by atoms with Gasteiger partial charge in [-0.2, -0.15) is 4.31 Å². The van der Waals surface area contributed by atoms with E-state index < -0.39 is 21.5 Å². The Morgan fingerprint density at radius 3 is 2.66 bits per heavy atom. The highest BCUT2D eigenvalue weighted by atomic mass is 35.5. The van der Waals surface area contributed by atoms with Crippen LogP contribution in [0.5, 0.6) is 0 Å². The van der Waals surface area contributed by atoms with Crippen molar-refractivity contribution < 1.29 is 13.2 Å². The molecule has 0 saturated carbocycles. The number of benzene rings is 1. The monoisotopic (exact) mass is 517 g/mol. The number of nitrogens with one attached hydrogen (secondary N) is 2. The van der Waals surface area contributed by atoms with Crippen molar-refractivity contribution in [3.63, 3.8) is 0 Å². The number of guanidine groups is 1. The molecule has 12 nitrogen and oxygen atoms in total. The maximum atomic E-state index is 13.3. The Kier molecular flexibility index (Phi) is 5.57. The first-order chi connectivity index (χ1) is 16.6. The number of sulfonamides is 1. The molecule has 2 aromatic heterocycles. The van der Waals surface area contributed by atoms with Crippen molar-refractivity contribution in [2.45, 2.75) is 23.3 Å². The molecule has 0 unspecified atom stereocenters. The number of anilines is 2. The molecule has 1 fully saturated rings. The van der Waals surface area contributed by atoms with Gasteiger partial charge >= 0.3 is 0 Å². The van der Waals surface area contributed by atoms with Crippen molar-refractivity contribution >= 4 is 56.0 Å². The molecule has 35 heavy (non-hydrogen) atoms. The van der Waals surface area contributed by atoms with Gasteiger partial charge in [0.1, 0.15) is 0 Å². The van der Waals surface area contributed by atoms with E-state index >= 15 is 0 Å². The largest absolute Gasteiger partial charge is 0.382 e. The minimum absolute atomic E-state index is 0.0681. The zero-order chi connectivity index (χ0) is 25.0. The van der Waals surface area contributed by atoms with E-state index in [4.69, 9.17) is 23.1 Å². The summed E-state index contributed by atoms with van der Waals surface area (Å²) in [5.41, 5.74) is 11.6. The zero-order valence-corrected chi connectivity index (χ0v) is 20.4. The minimum Gasteiger partial charge on any atom is -0.382 e. The summed E-state index contributed by atoms with van der Waals surface area (Å²) in [4.78, 5) is 24.9. The number of nitrogen functional groups attached to an aromatic ring is 2. The van der Waals surface area contributed by atoms with Crippen molar-refractivity contribution in [2.75, 3.05) is 31.1 Å². The van der Waals surface area contributed by atoms with Crippen LogP contribution in [-0.2, 0) is 17.1 Å². The number of carbonyl (C=O) groups excluding carboxylic acids is 1. The summed E-state index contributed by atoms with van der Waals surface area (Å²) in [6.07, 6.45) is 2.95. The fourth-order valence-electron chi connectivity index (χ4n) is 4.41. The lowest BCUT2D eigenvalue weighted by atomic mass is 9.89. The van der Waals surface area contributed by atoms with Gasteiger partial charge < -0.3 is 21.4 Å². The standard InChI is InChI=1S/C21H24ClN9O3S/c1-30-7-4-12-10-13(2-3-14(12)30)35(33,34)31-8-5-21(6-9-31)11-25-20(29-21)28-19(32)15-17(23)27-18(24)16(22)26-15/h2-4,7,10H,5-6,8-9,11H2,1H3,(H4,23,24,27)(H2,25,28,29,32). The number of fused-ring (bicyclic) bond motifs is 1. The highest BCUT2D eigenvalue weighted by Gasteiger charge is 2.42.